The second-order valence-electron chi connectivity index (χ2n) is 16.0. The molecule has 3 heteroatoms. The molecule has 0 unspecified atom stereocenters. The van der Waals surface area contributed by atoms with Crippen LogP contribution < -0.4 is 4.90 Å². The fourth-order valence-corrected chi connectivity index (χ4v) is 10.8. The highest BCUT2D eigenvalue weighted by Crippen LogP contribution is 2.49. The second kappa shape index (κ2) is 14.7. The first-order valence-corrected chi connectivity index (χ1v) is 22.0. The third-order valence-corrected chi connectivity index (χ3v) is 13.6. The largest absolute Gasteiger partial charge is 0.310 e. The SMILES string of the molecule is C1=Cc2c(c3cc(-c4cc(N(c5ccccc5)c5ccc(-c6ccccc6)c6ccccc56)c5sc6ccccc6c5c4)ccc3n2-c2cccc(-c3ccccc3)c2)CC1. The maximum Gasteiger partial charge on any atom is 0.0646 e. The zero-order chi connectivity index (χ0) is 40.3. The van der Waals surface area contributed by atoms with Gasteiger partial charge >= 0.3 is 0 Å². The maximum atomic E-state index is 2.50. The fourth-order valence-electron chi connectivity index (χ4n) is 9.62. The van der Waals surface area contributed by atoms with Crippen LogP contribution in [0.5, 0.6) is 0 Å². The predicted octanol–water partition coefficient (Wildman–Crippen LogP) is 16.6. The van der Waals surface area contributed by atoms with Crippen LogP contribution in [0.1, 0.15) is 17.7 Å². The normalized spacial score (nSPS) is 12.4. The Kier molecular flexibility index (Phi) is 8.53. The number of anilines is 3. The van der Waals surface area contributed by atoms with Gasteiger partial charge in [0.2, 0.25) is 0 Å². The Hall–Kier alpha value is -7.46. The summed E-state index contributed by atoms with van der Waals surface area (Å²) in [5, 5.41) is 6.34. The van der Waals surface area contributed by atoms with Crippen molar-refractivity contribution in [2.24, 2.45) is 0 Å². The lowest BCUT2D eigenvalue weighted by Crippen LogP contribution is -2.11. The maximum absolute atomic E-state index is 2.50. The number of para-hydroxylation sites is 1. The molecule has 1 aliphatic carbocycles. The van der Waals surface area contributed by atoms with E-state index in [1.165, 1.54) is 97.9 Å². The molecule has 0 atom stereocenters. The molecular formula is C58H40N2S. The Labute approximate surface area is 359 Å². The van der Waals surface area contributed by atoms with Crippen molar-refractivity contribution in [2.75, 3.05) is 4.90 Å². The highest BCUT2D eigenvalue weighted by molar-refractivity contribution is 7.26. The number of thiophene rings is 1. The van der Waals surface area contributed by atoms with Gasteiger partial charge in [0.25, 0.3) is 0 Å². The molecule has 12 rings (SSSR count). The number of hydrogen-bond donors (Lipinski definition) is 0. The van der Waals surface area contributed by atoms with E-state index in [1.54, 1.807) is 0 Å². The number of hydrogen-bond acceptors (Lipinski definition) is 2. The van der Waals surface area contributed by atoms with Crippen LogP contribution in [0.25, 0.3) is 87.0 Å². The van der Waals surface area contributed by atoms with Gasteiger partial charge < -0.3 is 9.47 Å². The average Bonchev–Trinajstić information content (AvgIpc) is 3.88. The highest BCUT2D eigenvalue weighted by Gasteiger charge is 2.24. The minimum Gasteiger partial charge on any atom is -0.310 e. The molecule has 9 aromatic carbocycles. The van der Waals surface area contributed by atoms with Crippen LogP contribution in [0.3, 0.4) is 0 Å². The molecule has 0 aliphatic heterocycles. The standard InChI is InChI=1S/C58H40N2S/c1-4-17-39(18-5-1)41-21-16-24-45(35-41)60-53-29-14-12-27-49(53)51-36-42(31-33-55(51)60)43-37-52-50-28-13-15-30-57(50)61-58(52)56(38-43)59(44-22-8-3-9-23-44)54-34-32-46(40-19-6-2-7-20-40)47-25-10-11-26-48(47)54/h1-11,13-26,28-38H,12,27H2. The number of fused-ring (bicyclic) bond motifs is 7. The Morgan fingerprint density at radius 2 is 1.11 bits per heavy atom. The van der Waals surface area contributed by atoms with E-state index in [0.29, 0.717) is 0 Å². The monoisotopic (exact) mass is 796 g/mol. The van der Waals surface area contributed by atoms with Crippen molar-refractivity contribution in [3.05, 3.63) is 224 Å². The topological polar surface area (TPSA) is 8.17 Å². The molecule has 2 heterocycles. The van der Waals surface area contributed by atoms with Crippen LogP contribution in [-0.4, -0.2) is 4.57 Å². The van der Waals surface area contributed by atoms with Gasteiger partial charge in [-0.1, -0.05) is 152 Å². The fraction of sp³-hybridized carbons (Fsp3) is 0.0345. The minimum absolute atomic E-state index is 1.02. The van der Waals surface area contributed by atoms with Crippen molar-refractivity contribution >= 4 is 76.3 Å². The molecular weight excluding hydrogens is 757 g/mol. The number of aryl methyl sites for hydroxylation is 1. The first-order valence-electron chi connectivity index (χ1n) is 21.1. The van der Waals surface area contributed by atoms with Gasteiger partial charge in [0.15, 0.2) is 0 Å². The highest BCUT2D eigenvalue weighted by atomic mass is 32.1. The summed E-state index contributed by atoms with van der Waals surface area (Å²) in [5.41, 5.74) is 15.9. The molecule has 0 radical (unpaired) electrons. The quantitative estimate of drug-likeness (QED) is 0.156. The number of rotatable bonds is 7. The molecule has 11 aromatic rings. The molecule has 0 saturated heterocycles. The summed E-state index contributed by atoms with van der Waals surface area (Å²) in [4.78, 5) is 2.50. The lowest BCUT2D eigenvalue weighted by atomic mass is 9.95. The number of allylic oxidation sites excluding steroid dienone is 1. The van der Waals surface area contributed by atoms with Crippen molar-refractivity contribution in [2.45, 2.75) is 12.8 Å². The number of aromatic nitrogens is 1. The van der Waals surface area contributed by atoms with E-state index in [9.17, 15) is 0 Å². The summed E-state index contributed by atoms with van der Waals surface area (Å²) in [7, 11) is 0. The van der Waals surface area contributed by atoms with Gasteiger partial charge in [-0.25, -0.2) is 0 Å². The third-order valence-electron chi connectivity index (χ3n) is 12.4. The lowest BCUT2D eigenvalue weighted by Gasteiger charge is -2.28. The third kappa shape index (κ3) is 6.00. The molecule has 2 nitrogen and oxygen atoms in total. The zero-order valence-electron chi connectivity index (χ0n) is 33.5. The Balaban J connectivity index is 1.09. The van der Waals surface area contributed by atoms with Crippen molar-refractivity contribution in [3.63, 3.8) is 0 Å². The molecule has 0 N–H and O–H groups in total. The average molecular weight is 797 g/mol. The van der Waals surface area contributed by atoms with Gasteiger partial charge in [0.1, 0.15) is 0 Å². The Bertz CT molecular complexity index is 3470. The molecule has 0 saturated carbocycles. The molecule has 0 amide bonds. The van der Waals surface area contributed by atoms with E-state index >= 15 is 0 Å². The van der Waals surface area contributed by atoms with Crippen LogP contribution >= 0.6 is 11.3 Å². The molecule has 2 aromatic heterocycles. The van der Waals surface area contributed by atoms with E-state index in [1.807, 2.05) is 11.3 Å². The Morgan fingerprint density at radius 3 is 1.93 bits per heavy atom. The minimum atomic E-state index is 1.02. The summed E-state index contributed by atoms with van der Waals surface area (Å²) in [5.74, 6) is 0. The first kappa shape index (κ1) is 35.5. The Morgan fingerprint density at radius 1 is 0.443 bits per heavy atom. The van der Waals surface area contributed by atoms with Crippen molar-refractivity contribution in [1.29, 1.82) is 0 Å². The first-order chi connectivity index (χ1) is 30.3. The molecule has 0 bridgehead atoms. The van der Waals surface area contributed by atoms with E-state index in [2.05, 4.69) is 228 Å². The van der Waals surface area contributed by atoms with E-state index in [0.717, 1.165) is 24.2 Å². The van der Waals surface area contributed by atoms with Crippen molar-refractivity contribution in [1.82, 2.24) is 4.57 Å². The number of nitrogens with zero attached hydrogens (tertiary/aromatic N) is 2. The predicted molar refractivity (Wildman–Crippen MR) is 262 cm³/mol. The van der Waals surface area contributed by atoms with Crippen LogP contribution in [0.15, 0.2) is 212 Å². The van der Waals surface area contributed by atoms with Gasteiger partial charge in [0, 0.05) is 43.3 Å². The van der Waals surface area contributed by atoms with Gasteiger partial charge in [-0.05, 0) is 124 Å². The second-order valence-corrected chi connectivity index (χ2v) is 17.0. The summed E-state index contributed by atoms with van der Waals surface area (Å²) in [6.07, 6.45) is 6.72. The summed E-state index contributed by atoms with van der Waals surface area (Å²) >= 11 is 1.88. The molecule has 288 valence electrons. The summed E-state index contributed by atoms with van der Waals surface area (Å²) in [6, 6.07) is 75.8. The molecule has 0 fully saturated rings. The van der Waals surface area contributed by atoms with Gasteiger partial charge in [0.05, 0.1) is 21.6 Å². The van der Waals surface area contributed by atoms with E-state index in [-0.39, 0.29) is 0 Å². The van der Waals surface area contributed by atoms with Crippen LogP contribution in [-0.2, 0) is 6.42 Å². The molecule has 61 heavy (non-hydrogen) atoms. The summed E-state index contributed by atoms with van der Waals surface area (Å²) < 4.78 is 5.04. The van der Waals surface area contributed by atoms with E-state index < -0.39 is 0 Å². The molecule has 0 spiro atoms. The van der Waals surface area contributed by atoms with Crippen LogP contribution in [0, 0.1) is 0 Å². The van der Waals surface area contributed by atoms with Gasteiger partial charge in [-0.3, -0.25) is 0 Å². The van der Waals surface area contributed by atoms with Crippen molar-refractivity contribution in [3.8, 4) is 39.1 Å². The summed E-state index contributed by atoms with van der Waals surface area (Å²) in [6.45, 7) is 0. The zero-order valence-corrected chi connectivity index (χ0v) is 34.3. The van der Waals surface area contributed by atoms with Gasteiger partial charge in [-0.15, -0.1) is 11.3 Å². The van der Waals surface area contributed by atoms with Crippen LogP contribution in [0.2, 0.25) is 0 Å². The van der Waals surface area contributed by atoms with E-state index in [4.69, 9.17) is 0 Å². The number of benzene rings is 9. The molecule has 1 aliphatic rings. The lowest BCUT2D eigenvalue weighted by molar-refractivity contribution is 0.968. The smallest absolute Gasteiger partial charge is 0.0646 e. The van der Waals surface area contributed by atoms with Crippen molar-refractivity contribution < 1.29 is 0 Å². The van der Waals surface area contributed by atoms with Crippen LogP contribution in [0.4, 0.5) is 17.1 Å². The van der Waals surface area contributed by atoms with Gasteiger partial charge in [-0.2, -0.15) is 0 Å².